The van der Waals surface area contributed by atoms with Crippen molar-refractivity contribution < 1.29 is 8.42 Å². The summed E-state index contributed by atoms with van der Waals surface area (Å²) in [7, 11) is -3.53. The molecule has 0 saturated heterocycles. The lowest BCUT2D eigenvalue weighted by molar-refractivity contribution is 0.580. The molecule has 19 heavy (non-hydrogen) atoms. The fourth-order valence-corrected chi connectivity index (χ4v) is 3.63. The monoisotopic (exact) mass is 344 g/mol. The van der Waals surface area contributed by atoms with Crippen LogP contribution in [0.15, 0.2) is 33.9 Å². The summed E-state index contributed by atoms with van der Waals surface area (Å²) >= 11 is 3.25. The second-order valence-corrected chi connectivity index (χ2v) is 6.60. The van der Waals surface area contributed by atoms with Crippen LogP contribution >= 0.6 is 15.9 Å². The van der Waals surface area contributed by atoms with E-state index in [0.29, 0.717) is 16.7 Å². The molecular weight excluding hydrogens is 332 g/mol. The van der Waals surface area contributed by atoms with Crippen LogP contribution in [0.2, 0.25) is 0 Å². The Hall–Kier alpha value is -1.25. The van der Waals surface area contributed by atoms with Gasteiger partial charge in [0.1, 0.15) is 12.2 Å². The first-order valence-electron chi connectivity index (χ1n) is 5.59. The predicted octanol–water partition coefficient (Wildman–Crippen LogP) is 1.40. The molecule has 2 N–H and O–H groups in total. The predicted molar refractivity (Wildman–Crippen MR) is 74.2 cm³/mol. The van der Waals surface area contributed by atoms with E-state index in [4.69, 9.17) is 0 Å². The molecule has 1 aromatic carbocycles. The molecule has 2 rings (SSSR count). The zero-order valence-corrected chi connectivity index (χ0v) is 12.6. The van der Waals surface area contributed by atoms with E-state index in [1.54, 1.807) is 12.1 Å². The quantitative estimate of drug-likeness (QED) is 0.857. The smallest absolute Gasteiger partial charge is 0.241 e. The number of H-pyrrole nitrogens is 1. The van der Waals surface area contributed by atoms with Crippen LogP contribution in [-0.2, 0) is 16.4 Å². The van der Waals surface area contributed by atoms with E-state index >= 15 is 0 Å². The third-order valence-electron chi connectivity index (χ3n) is 2.50. The topological polar surface area (TPSA) is 87.7 Å². The Balaban J connectivity index is 2.07. The summed E-state index contributed by atoms with van der Waals surface area (Å²) in [5.74, 6) is 0.644. The summed E-state index contributed by atoms with van der Waals surface area (Å²) in [5, 5.41) is 6.38. The number of nitrogens with one attached hydrogen (secondary N) is 2. The van der Waals surface area contributed by atoms with Crippen LogP contribution in [-0.4, -0.2) is 30.1 Å². The molecule has 1 aromatic heterocycles. The van der Waals surface area contributed by atoms with Gasteiger partial charge >= 0.3 is 0 Å². The zero-order valence-electron chi connectivity index (χ0n) is 10.2. The molecule has 0 spiro atoms. The van der Waals surface area contributed by atoms with Crippen molar-refractivity contribution in [2.45, 2.75) is 18.2 Å². The molecule has 0 unspecified atom stereocenters. The maximum Gasteiger partial charge on any atom is 0.241 e. The Bertz CT molecular complexity index is 655. The van der Waals surface area contributed by atoms with Gasteiger partial charge in [0.25, 0.3) is 0 Å². The van der Waals surface area contributed by atoms with E-state index in [1.807, 2.05) is 13.0 Å². The van der Waals surface area contributed by atoms with Crippen LogP contribution in [0.25, 0.3) is 0 Å². The van der Waals surface area contributed by atoms with E-state index in [0.717, 1.165) is 5.56 Å². The number of aryl methyl sites for hydroxylation is 1. The van der Waals surface area contributed by atoms with Crippen LogP contribution < -0.4 is 4.72 Å². The first-order valence-corrected chi connectivity index (χ1v) is 7.87. The van der Waals surface area contributed by atoms with Gasteiger partial charge in [0.05, 0.1) is 4.90 Å². The lowest BCUT2D eigenvalue weighted by Gasteiger charge is -2.08. The molecule has 0 amide bonds. The van der Waals surface area contributed by atoms with Gasteiger partial charge in [0.2, 0.25) is 10.0 Å². The molecule has 1 heterocycles. The average Bonchev–Trinajstić information content (AvgIpc) is 2.85. The van der Waals surface area contributed by atoms with Crippen LogP contribution in [0.4, 0.5) is 0 Å². The summed E-state index contributed by atoms with van der Waals surface area (Å²) in [6.45, 7) is 2.11. The Labute approximate surface area is 119 Å². The number of rotatable bonds is 5. The van der Waals surface area contributed by atoms with Crippen LogP contribution in [0, 0.1) is 6.92 Å². The maximum absolute atomic E-state index is 12.1. The van der Waals surface area contributed by atoms with Crippen molar-refractivity contribution in [1.82, 2.24) is 19.9 Å². The molecule has 102 valence electrons. The number of benzene rings is 1. The van der Waals surface area contributed by atoms with Gasteiger partial charge in [0.15, 0.2) is 0 Å². The molecule has 0 atom stereocenters. The molecule has 6 nitrogen and oxygen atoms in total. The van der Waals surface area contributed by atoms with Crippen LogP contribution in [0.5, 0.6) is 0 Å². The van der Waals surface area contributed by atoms with Crippen molar-refractivity contribution in [1.29, 1.82) is 0 Å². The van der Waals surface area contributed by atoms with Crippen molar-refractivity contribution in [3.05, 3.63) is 40.4 Å². The fraction of sp³-hybridized carbons (Fsp3) is 0.273. The maximum atomic E-state index is 12.1. The number of aromatic nitrogens is 3. The number of aromatic amines is 1. The average molecular weight is 345 g/mol. The Kier molecular flexibility index (Phi) is 4.33. The minimum absolute atomic E-state index is 0.241. The summed E-state index contributed by atoms with van der Waals surface area (Å²) in [6, 6.07) is 5.19. The van der Waals surface area contributed by atoms with Gasteiger partial charge in [-0.25, -0.2) is 18.1 Å². The third-order valence-corrected chi connectivity index (χ3v) is 4.95. The van der Waals surface area contributed by atoms with Gasteiger partial charge in [-0.1, -0.05) is 6.07 Å². The molecule has 2 aromatic rings. The standard InChI is InChI=1S/C11H13BrN4O2S/c1-8-2-3-9(12)10(6-8)19(17,18)15-5-4-11-13-7-14-16-11/h2-3,6-7,15H,4-5H2,1H3,(H,13,14,16). The number of halogens is 1. The van der Waals surface area contributed by atoms with Gasteiger partial charge in [-0.2, -0.15) is 5.10 Å². The Morgan fingerprint density at radius 1 is 1.42 bits per heavy atom. The van der Waals surface area contributed by atoms with E-state index in [-0.39, 0.29) is 11.4 Å². The highest BCUT2D eigenvalue weighted by Crippen LogP contribution is 2.22. The summed E-state index contributed by atoms with van der Waals surface area (Å²) in [5.41, 5.74) is 0.888. The lowest BCUT2D eigenvalue weighted by Crippen LogP contribution is -2.26. The molecule has 0 aliphatic carbocycles. The van der Waals surface area contributed by atoms with Gasteiger partial charge in [0, 0.05) is 17.4 Å². The van der Waals surface area contributed by atoms with Crippen molar-refractivity contribution in [2.24, 2.45) is 0 Å². The third kappa shape index (κ3) is 3.62. The first kappa shape index (κ1) is 14.2. The molecular formula is C11H13BrN4O2S. The first-order chi connectivity index (χ1) is 8.99. The highest BCUT2D eigenvalue weighted by molar-refractivity contribution is 9.10. The molecule has 0 aliphatic heterocycles. The normalized spacial score (nSPS) is 11.7. The number of hydrogen-bond donors (Lipinski definition) is 2. The molecule has 0 bridgehead atoms. The van der Waals surface area contributed by atoms with Crippen molar-refractivity contribution in [2.75, 3.05) is 6.54 Å². The fourth-order valence-electron chi connectivity index (χ4n) is 1.55. The second-order valence-electron chi connectivity index (χ2n) is 4.01. The van der Waals surface area contributed by atoms with E-state index in [1.165, 1.54) is 6.33 Å². The van der Waals surface area contributed by atoms with E-state index in [9.17, 15) is 8.42 Å². The van der Waals surface area contributed by atoms with Crippen molar-refractivity contribution >= 4 is 26.0 Å². The molecule has 0 radical (unpaired) electrons. The largest absolute Gasteiger partial charge is 0.263 e. The number of hydrogen-bond acceptors (Lipinski definition) is 4. The van der Waals surface area contributed by atoms with Gasteiger partial charge in [-0.05, 0) is 40.5 Å². The highest BCUT2D eigenvalue weighted by Gasteiger charge is 2.17. The highest BCUT2D eigenvalue weighted by atomic mass is 79.9. The second kappa shape index (κ2) is 5.81. The zero-order chi connectivity index (χ0) is 13.9. The number of sulfonamides is 1. The molecule has 0 fully saturated rings. The van der Waals surface area contributed by atoms with Crippen LogP contribution in [0.1, 0.15) is 11.4 Å². The molecule has 0 aliphatic rings. The summed E-state index contributed by atoms with van der Waals surface area (Å²) in [6.07, 6.45) is 1.85. The van der Waals surface area contributed by atoms with Gasteiger partial charge in [-0.3, -0.25) is 5.10 Å². The van der Waals surface area contributed by atoms with Crippen molar-refractivity contribution in [3.63, 3.8) is 0 Å². The minimum atomic E-state index is -3.53. The Morgan fingerprint density at radius 3 is 2.89 bits per heavy atom. The summed E-state index contributed by atoms with van der Waals surface area (Å²) < 4.78 is 27.4. The number of nitrogens with zero attached hydrogens (tertiary/aromatic N) is 2. The van der Waals surface area contributed by atoms with Crippen molar-refractivity contribution in [3.8, 4) is 0 Å². The molecule has 8 heteroatoms. The van der Waals surface area contributed by atoms with E-state index in [2.05, 4.69) is 35.8 Å². The van der Waals surface area contributed by atoms with Crippen LogP contribution in [0.3, 0.4) is 0 Å². The van der Waals surface area contributed by atoms with Gasteiger partial charge in [-0.15, -0.1) is 0 Å². The minimum Gasteiger partial charge on any atom is -0.263 e. The SMILES string of the molecule is Cc1ccc(Br)c(S(=O)(=O)NCCc2ncn[nH]2)c1. The lowest BCUT2D eigenvalue weighted by atomic mass is 10.2. The molecule has 0 saturated carbocycles. The van der Waals surface area contributed by atoms with E-state index < -0.39 is 10.0 Å². The summed E-state index contributed by atoms with van der Waals surface area (Å²) in [4.78, 5) is 4.17. The Morgan fingerprint density at radius 2 is 2.21 bits per heavy atom. The van der Waals surface area contributed by atoms with Gasteiger partial charge < -0.3 is 0 Å².